The third kappa shape index (κ3) is 4.00. The van der Waals surface area contributed by atoms with Crippen LogP contribution in [-0.4, -0.2) is 17.5 Å². The zero-order valence-electron chi connectivity index (χ0n) is 10.4. The van der Waals surface area contributed by atoms with E-state index in [1.807, 2.05) is 32.1 Å². The van der Waals surface area contributed by atoms with Crippen molar-refractivity contribution in [3.63, 3.8) is 0 Å². The fourth-order valence-electron chi connectivity index (χ4n) is 1.57. The molecule has 0 aliphatic rings. The number of aryl methyl sites for hydroxylation is 1. The first kappa shape index (κ1) is 13.4. The summed E-state index contributed by atoms with van der Waals surface area (Å²) in [6.45, 7) is 6.73. The SMILES string of the molecule is CCNC(C)/C=C/c1ccc(C)c([N+](=O)[O-])c1. The average molecular weight is 234 g/mol. The van der Waals surface area contributed by atoms with E-state index < -0.39 is 0 Å². The number of rotatable bonds is 5. The third-order valence-corrected chi connectivity index (χ3v) is 2.53. The van der Waals surface area contributed by atoms with Gasteiger partial charge in [0, 0.05) is 17.7 Å². The molecule has 1 aromatic rings. The van der Waals surface area contributed by atoms with Crippen molar-refractivity contribution in [2.24, 2.45) is 0 Å². The maximum atomic E-state index is 10.8. The second kappa shape index (κ2) is 6.15. The lowest BCUT2D eigenvalue weighted by molar-refractivity contribution is -0.385. The molecule has 0 saturated carbocycles. The maximum Gasteiger partial charge on any atom is 0.272 e. The second-order valence-corrected chi connectivity index (χ2v) is 4.01. The van der Waals surface area contributed by atoms with Crippen LogP contribution in [0, 0.1) is 17.0 Å². The van der Waals surface area contributed by atoms with E-state index in [1.165, 1.54) is 0 Å². The third-order valence-electron chi connectivity index (χ3n) is 2.53. The van der Waals surface area contributed by atoms with Crippen molar-refractivity contribution in [1.29, 1.82) is 0 Å². The van der Waals surface area contributed by atoms with Gasteiger partial charge in [-0.3, -0.25) is 10.1 Å². The molecule has 1 N–H and O–H groups in total. The van der Waals surface area contributed by atoms with Crippen LogP contribution in [0.25, 0.3) is 6.08 Å². The summed E-state index contributed by atoms with van der Waals surface area (Å²) in [5, 5.41) is 14.0. The molecule has 4 heteroatoms. The van der Waals surface area contributed by atoms with Gasteiger partial charge >= 0.3 is 0 Å². The second-order valence-electron chi connectivity index (χ2n) is 4.01. The van der Waals surface area contributed by atoms with Crippen molar-refractivity contribution in [1.82, 2.24) is 5.32 Å². The summed E-state index contributed by atoms with van der Waals surface area (Å²) >= 11 is 0. The number of hydrogen-bond acceptors (Lipinski definition) is 3. The number of nitrogens with zero attached hydrogens (tertiary/aromatic N) is 1. The van der Waals surface area contributed by atoms with E-state index >= 15 is 0 Å². The van der Waals surface area contributed by atoms with Crippen LogP contribution in [-0.2, 0) is 0 Å². The molecule has 4 nitrogen and oxygen atoms in total. The van der Waals surface area contributed by atoms with Crippen LogP contribution in [0.2, 0.25) is 0 Å². The highest BCUT2D eigenvalue weighted by Gasteiger charge is 2.09. The van der Waals surface area contributed by atoms with E-state index in [0.29, 0.717) is 5.56 Å². The van der Waals surface area contributed by atoms with Crippen LogP contribution in [0.3, 0.4) is 0 Å². The molecule has 1 unspecified atom stereocenters. The van der Waals surface area contributed by atoms with Gasteiger partial charge in [-0.1, -0.05) is 31.2 Å². The number of nitro benzene ring substituents is 1. The van der Waals surface area contributed by atoms with E-state index in [9.17, 15) is 10.1 Å². The Morgan fingerprint density at radius 3 is 2.82 bits per heavy atom. The van der Waals surface area contributed by atoms with Crippen molar-refractivity contribution in [3.8, 4) is 0 Å². The molecule has 0 saturated heterocycles. The number of nitrogens with one attached hydrogen (secondary N) is 1. The summed E-state index contributed by atoms with van der Waals surface area (Å²) < 4.78 is 0. The van der Waals surface area contributed by atoms with Crippen molar-refractivity contribution >= 4 is 11.8 Å². The van der Waals surface area contributed by atoms with E-state index in [0.717, 1.165) is 12.1 Å². The fraction of sp³-hybridized carbons (Fsp3) is 0.385. The predicted molar refractivity (Wildman–Crippen MR) is 70.0 cm³/mol. The molecule has 0 heterocycles. The summed E-state index contributed by atoms with van der Waals surface area (Å²) in [6.07, 6.45) is 3.90. The summed E-state index contributed by atoms with van der Waals surface area (Å²) in [5.74, 6) is 0. The van der Waals surface area contributed by atoms with Gasteiger partial charge < -0.3 is 5.32 Å². The Bertz CT molecular complexity index is 427. The van der Waals surface area contributed by atoms with Gasteiger partial charge in [0.05, 0.1) is 4.92 Å². The Labute approximate surface area is 101 Å². The van der Waals surface area contributed by atoms with Gasteiger partial charge in [0.15, 0.2) is 0 Å². The number of nitro groups is 1. The Morgan fingerprint density at radius 1 is 1.53 bits per heavy atom. The predicted octanol–water partition coefficient (Wildman–Crippen LogP) is 2.91. The molecule has 1 rings (SSSR count). The first-order valence-electron chi connectivity index (χ1n) is 5.71. The van der Waals surface area contributed by atoms with Crippen LogP contribution >= 0.6 is 0 Å². The topological polar surface area (TPSA) is 55.2 Å². The maximum absolute atomic E-state index is 10.8. The lowest BCUT2D eigenvalue weighted by Crippen LogP contribution is -2.22. The van der Waals surface area contributed by atoms with Crippen LogP contribution in [0.1, 0.15) is 25.0 Å². The molecule has 1 atom stereocenters. The minimum atomic E-state index is -0.347. The highest BCUT2D eigenvalue weighted by molar-refractivity contribution is 5.56. The van der Waals surface area contributed by atoms with Crippen LogP contribution in [0.15, 0.2) is 24.3 Å². The number of benzene rings is 1. The van der Waals surface area contributed by atoms with Crippen molar-refractivity contribution in [3.05, 3.63) is 45.5 Å². The molecule has 92 valence electrons. The van der Waals surface area contributed by atoms with Crippen molar-refractivity contribution in [2.45, 2.75) is 26.8 Å². The minimum Gasteiger partial charge on any atom is -0.311 e. The monoisotopic (exact) mass is 234 g/mol. The Morgan fingerprint density at radius 2 is 2.24 bits per heavy atom. The Hall–Kier alpha value is -1.68. The summed E-state index contributed by atoms with van der Waals surface area (Å²) in [4.78, 5) is 10.4. The lowest BCUT2D eigenvalue weighted by Gasteiger charge is -2.05. The normalized spacial score (nSPS) is 12.9. The minimum absolute atomic E-state index is 0.170. The number of hydrogen-bond donors (Lipinski definition) is 1. The zero-order valence-corrected chi connectivity index (χ0v) is 10.4. The van der Waals surface area contributed by atoms with Gasteiger partial charge in [0.1, 0.15) is 0 Å². The molecule has 0 radical (unpaired) electrons. The highest BCUT2D eigenvalue weighted by Crippen LogP contribution is 2.19. The first-order chi connectivity index (χ1) is 8.04. The smallest absolute Gasteiger partial charge is 0.272 e. The standard InChI is InChI=1S/C13H18N2O2/c1-4-14-11(3)6-8-12-7-5-10(2)13(9-12)15(16)17/h5-9,11,14H,4H2,1-3H3/b8-6+. The largest absolute Gasteiger partial charge is 0.311 e. The van der Waals surface area contributed by atoms with E-state index in [4.69, 9.17) is 0 Å². The van der Waals surface area contributed by atoms with E-state index in [1.54, 1.807) is 19.1 Å². The van der Waals surface area contributed by atoms with Crippen molar-refractivity contribution in [2.75, 3.05) is 6.54 Å². The van der Waals surface area contributed by atoms with Gasteiger partial charge in [0.25, 0.3) is 5.69 Å². The quantitative estimate of drug-likeness (QED) is 0.629. The molecule has 0 bridgehead atoms. The lowest BCUT2D eigenvalue weighted by atomic mass is 10.1. The van der Waals surface area contributed by atoms with Gasteiger partial charge in [-0.15, -0.1) is 0 Å². The molecule has 17 heavy (non-hydrogen) atoms. The van der Waals surface area contributed by atoms with Crippen LogP contribution < -0.4 is 5.32 Å². The summed E-state index contributed by atoms with van der Waals surface area (Å²) in [5.41, 5.74) is 1.71. The van der Waals surface area contributed by atoms with Crippen LogP contribution in [0.5, 0.6) is 0 Å². The fourth-order valence-corrected chi connectivity index (χ4v) is 1.57. The molecular weight excluding hydrogens is 216 g/mol. The first-order valence-corrected chi connectivity index (χ1v) is 5.71. The van der Waals surface area contributed by atoms with Gasteiger partial charge in [-0.2, -0.15) is 0 Å². The van der Waals surface area contributed by atoms with Gasteiger partial charge in [-0.25, -0.2) is 0 Å². The van der Waals surface area contributed by atoms with Gasteiger partial charge in [-0.05, 0) is 26.0 Å². The molecule has 0 fully saturated rings. The molecule has 0 aliphatic carbocycles. The molecule has 0 amide bonds. The Balaban J connectivity index is 2.86. The Kier molecular flexibility index (Phi) is 4.84. The number of likely N-dealkylation sites (N-methyl/N-ethyl adjacent to an activating group) is 1. The van der Waals surface area contributed by atoms with E-state index in [2.05, 4.69) is 5.32 Å². The average Bonchev–Trinajstić information content (AvgIpc) is 2.28. The van der Waals surface area contributed by atoms with E-state index in [-0.39, 0.29) is 16.7 Å². The molecular formula is C13H18N2O2. The highest BCUT2D eigenvalue weighted by atomic mass is 16.6. The molecule has 1 aromatic carbocycles. The zero-order chi connectivity index (χ0) is 12.8. The molecule has 0 aromatic heterocycles. The van der Waals surface area contributed by atoms with Crippen LogP contribution in [0.4, 0.5) is 5.69 Å². The van der Waals surface area contributed by atoms with Crippen molar-refractivity contribution < 1.29 is 4.92 Å². The molecule has 0 spiro atoms. The van der Waals surface area contributed by atoms with Gasteiger partial charge in [0.2, 0.25) is 0 Å². The summed E-state index contributed by atoms with van der Waals surface area (Å²) in [7, 11) is 0. The molecule has 0 aliphatic heterocycles. The summed E-state index contributed by atoms with van der Waals surface area (Å²) in [6, 6.07) is 5.53.